The summed E-state index contributed by atoms with van der Waals surface area (Å²) in [5.74, 6) is -2.52. The van der Waals surface area contributed by atoms with Gasteiger partial charge in [0.1, 0.15) is 5.60 Å². The second kappa shape index (κ2) is 3.19. The lowest BCUT2D eigenvalue weighted by atomic mass is 9.79. The van der Waals surface area contributed by atoms with Crippen molar-refractivity contribution in [3.05, 3.63) is 0 Å². The van der Waals surface area contributed by atoms with Crippen molar-refractivity contribution in [2.24, 2.45) is 0 Å². The van der Waals surface area contributed by atoms with Crippen LogP contribution < -0.4 is 0 Å². The molecule has 0 N–H and O–H groups in total. The summed E-state index contributed by atoms with van der Waals surface area (Å²) < 4.78 is 5.09. The van der Waals surface area contributed by atoms with Crippen molar-refractivity contribution in [2.75, 3.05) is 0 Å². The highest BCUT2D eigenvalue weighted by atomic mass is 16.6. The van der Waals surface area contributed by atoms with E-state index < -0.39 is 23.1 Å². The summed E-state index contributed by atoms with van der Waals surface area (Å²) in [5, 5.41) is 0. The number of Topliss-reactive ketones (excluding diaryl/α,β-unsaturated/α-hetero) is 2. The Morgan fingerprint density at radius 3 is 2.21 bits per heavy atom. The van der Waals surface area contributed by atoms with E-state index >= 15 is 0 Å². The lowest BCUT2D eigenvalue weighted by Crippen LogP contribution is -2.48. The zero-order valence-electron chi connectivity index (χ0n) is 7.88. The highest BCUT2D eigenvalue weighted by Crippen LogP contribution is 2.36. The van der Waals surface area contributed by atoms with Crippen molar-refractivity contribution in [2.45, 2.75) is 44.1 Å². The van der Waals surface area contributed by atoms with Crippen molar-refractivity contribution >= 4 is 17.5 Å². The Hall–Kier alpha value is -1.19. The Morgan fingerprint density at radius 1 is 1.00 bits per heavy atom. The van der Waals surface area contributed by atoms with Gasteiger partial charge in [-0.3, -0.25) is 9.59 Å². The van der Waals surface area contributed by atoms with Crippen LogP contribution in [0.1, 0.15) is 38.5 Å². The van der Waals surface area contributed by atoms with Crippen LogP contribution >= 0.6 is 0 Å². The van der Waals surface area contributed by atoms with Gasteiger partial charge in [-0.25, -0.2) is 4.79 Å². The van der Waals surface area contributed by atoms with Gasteiger partial charge in [0.05, 0.1) is 6.42 Å². The molecule has 0 bridgehead atoms. The zero-order valence-corrected chi connectivity index (χ0v) is 7.88. The van der Waals surface area contributed by atoms with Crippen molar-refractivity contribution in [1.29, 1.82) is 0 Å². The zero-order chi connectivity index (χ0) is 10.2. The SMILES string of the molecule is O=C1CC2(CCCCC2)OC(=O)C1=O. The maximum atomic E-state index is 11.2. The standard InChI is InChI=1S/C10H12O4/c11-7-6-10(4-2-1-3-5-10)14-9(13)8(7)12/h1-6H2. The minimum absolute atomic E-state index is 0.0948. The van der Waals surface area contributed by atoms with Crippen LogP contribution in [0.4, 0.5) is 0 Å². The summed E-state index contributed by atoms with van der Waals surface area (Å²) in [6, 6.07) is 0. The second-order valence-corrected chi connectivity index (χ2v) is 4.06. The number of ether oxygens (including phenoxy) is 1. The molecular formula is C10H12O4. The Labute approximate surface area is 81.6 Å². The molecule has 0 radical (unpaired) electrons. The summed E-state index contributed by atoms with van der Waals surface area (Å²) in [5.41, 5.74) is -0.639. The van der Waals surface area contributed by atoms with Gasteiger partial charge < -0.3 is 4.74 Å². The van der Waals surface area contributed by atoms with Crippen LogP contribution in [-0.4, -0.2) is 23.1 Å². The third-order valence-electron chi connectivity index (χ3n) is 3.00. The van der Waals surface area contributed by atoms with Gasteiger partial charge in [-0.15, -0.1) is 0 Å². The van der Waals surface area contributed by atoms with Crippen molar-refractivity contribution < 1.29 is 19.1 Å². The van der Waals surface area contributed by atoms with Crippen LogP contribution in [0.3, 0.4) is 0 Å². The Bertz CT molecular complexity index is 277. The molecule has 1 saturated heterocycles. The molecule has 0 aromatic rings. The van der Waals surface area contributed by atoms with Gasteiger partial charge in [0.15, 0.2) is 0 Å². The molecular weight excluding hydrogens is 184 g/mol. The quantitative estimate of drug-likeness (QED) is 0.424. The van der Waals surface area contributed by atoms with Gasteiger partial charge >= 0.3 is 11.8 Å². The predicted octanol–water partition coefficient (Wildman–Crippen LogP) is 0.774. The number of rotatable bonds is 0. The minimum Gasteiger partial charge on any atom is -0.453 e. The van der Waals surface area contributed by atoms with Gasteiger partial charge in [-0.1, -0.05) is 6.42 Å². The van der Waals surface area contributed by atoms with E-state index in [0.717, 1.165) is 32.1 Å². The monoisotopic (exact) mass is 196 g/mol. The van der Waals surface area contributed by atoms with Gasteiger partial charge in [-0.2, -0.15) is 0 Å². The fraction of sp³-hybridized carbons (Fsp3) is 0.700. The van der Waals surface area contributed by atoms with Gasteiger partial charge in [0, 0.05) is 0 Å². The van der Waals surface area contributed by atoms with E-state index in [1.807, 2.05) is 0 Å². The van der Waals surface area contributed by atoms with Crippen molar-refractivity contribution in [3.63, 3.8) is 0 Å². The number of carbonyl (C=O) groups is 3. The normalized spacial score (nSPS) is 26.4. The highest BCUT2D eigenvalue weighted by molar-refractivity contribution is 6.63. The van der Waals surface area contributed by atoms with Crippen molar-refractivity contribution in [3.8, 4) is 0 Å². The average Bonchev–Trinajstić information content (AvgIpc) is 2.15. The third kappa shape index (κ3) is 1.45. The molecule has 1 saturated carbocycles. The molecule has 0 atom stereocenters. The summed E-state index contributed by atoms with van der Waals surface area (Å²) in [4.78, 5) is 33.2. The topological polar surface area (TPSA) is 60.4 Å². The average molecular weight is 196 g/mol. The van der Waals surface area contributed by atoms with E-state index in [1.165, 1.54) is 0 Å². The maximum Gasteiger partial charge on any atom is 0.383 e. The molecule has 1 heterocycles. The molecule has 14 heavy (non-hydrogen) atoms. The first-order chi connectivity index (χ1) is 6.63. The Morgan fingerprint density at radius 2 is 1.64 bits per heavy atom. The number of ketones is 2. The maximum absolute atomic E-state index is 11.2. The number of esters is 1. The van der Waals surface area contributed by atoms with E-state index in [9.17, 15) is 14.4 Å². The van der Waals surface area contributed by atoms with E-state index in [0.29, 0.717) is 0 Å². The first kappa shape index (κ1) is 9.37. The molecule has 4 nitrogen and oxygen atoms in total. The summed E-state index contributed by atoms with van der Waals surface area (Å²) in [7, 11) is 0. The first-order valence-corrected chi connectivity index (χ1v) is 4.93. The molecule has 0 amide bonds. The number of hydrogen-bond donors (Lipinski definition) is 0. The molecule has 76 valence electrons. The Balaban J connectivity index is 2.18. The Kier molecular flexibility index (Phi) is 2.13. The smallest absolute Gasteiger partial charge is 0.383 e. The first-order valence-electron chi connectivity index (χ1n) is 4.93. The molecule has 1 aliphatic carbocycles. The highest BCUT2D eigenvalue weighted by Gasteiger charge is 2.46. The van der Waals surface area contributed by atoms with E-state index in [1.54, 1.807) is 0 Å². The van der Waals surface area contributed by atoms with Crippen LogP contribution in [0.2, 0.25) is 0 Å². The number of carbonyl (C=O) groups excluding carboxylic acids is 3. The van der Waals surface area contributed by atoms with E-state index in [-0.39, 0.29) is 6.42 Å². The largest absolute Gasteiger partial charge is 0.453 e. The molecule has 1 aliphatic heterocycles. The van der Waals surface area contributed by atoms with E-state index in [2.05, 4.69) is 0 Å². The van der Waals surface area contributed by atoms with Crippen LogP contribution in [0.25, 0.3) is 0 Å². The van der Waals surface area contributed by atoms with Gasteiger partial charge in [-0.05, 0) is 25.7 Å². The van der Waals surface area contributed by atoms with Gasteiger partial charge in [0.25, 0.3) is 0 Å². The minimum atomic E-state index is -0.985. The molecule has 2 rings (SSSR count). The van der Waals surface area contributed by atoms with E-state index in [4.69, 9.17) is 4.74 Å². The fourth-order valence-corrected chi connectivity index (χ4v) is 2.24. The summed E-state index contributed by atoms with van der Waals surface area (Å²) in [6.45, 7) is 0. The summed E-state index contributed by atoms with van der Waals surface area (Å²) >= 11 is 0. The summed E-state index contributed by atoms with van der Waals surface area (Å²) in [6.07, 6.45) is 4.58. The third-order valence-corrected chi connectivity index (χ3v) is 3.00. The van der Waals surface area contributed by atoms with Crippen molar-refractivity contribution in [1.82, 2.24) is 0 Å². The second-order valence-electron chi connectivity index (χ2n) is 4.06. The van der Waals surface area contributed by atoms with Crippen LogP contribution in [0.15, 0.2) is 0 Å². The fourth-order valence-electron chi connectivity index (χ4n) is 2.24. The molecule has 0 aromatic heterocycles. The van der Waals surface area contributed by atoms with Crippen LogP contribution in [0, 0.1) is 0 Å². The lowest BCUT2D eigenvalue weighted by Gasteiger charge is -2.38. The molecule has 1 spiro atoms. The molecule has 0 unspecified atom stereocenters. The molecule has 2 aliphatic rings. The van der Waals surface area contributed by atoms with Crippen LogP contribution in [0.5, 0.6) is 0 Å². The molecule has 0 aromatic carbocycles. The van der Waals surface area contributed by atoms with Crippen LogP contribution in [-0.2, 0) is 19.1 Å². The van der Waals surface area contributed by atoms with Gasteiger partial charge in [0.2, 0.25) is 5.78 Å². The molecule has 4 heteroatoms. The predicted molar refractivity (Wildman–Crippen MR) is 46.5 cm³/mol. The molecule has 2 fully saturated rings. The lowest BCUT2D eigenvalue weighted by molar-refractivity contribution is -0.179. The number of hydrogen-bond acceptors (Lipinski definition) is 4.